The lowest BCUT2D eigenvalue weighted by Crippen LogP contribution is -2.45. The third-order valence-electron chi connectivity index (χ3n) is 4.40. The molecule has 2 heteroatoms. The van der Waals surface area contributed by atoms with Crippen LogP contribution in [-0.4, -0.2) is 36.1 Å². The molecule has 0 amide bonds. The second-order valence-electron chi connectivity index (χ2n) is 5.70. The molecule has 1 saturated heterocycles. The maximum absolute atomic E-state index is 3.71. The molecule has 0 radical (unpaired) electrons. The fourth-order valence-electron chi connectivity index (χ4n) is 3.50. The van der Waals surface area contributed by atoms with Crippen molar-refractivity contribution in [2.45, 2.75) is 76.9 Å². The van der Waals surface area contributed by atoms with Crippen molar-refractivity contribution in [2.75, 3.05) is 13.1 Å². The molecule has 2 rings (SSSR count). The maximum Gasteiger partial charge on any atom is 0.0113 e. The fraction of sp³-hybridized carbons (Fsp3) is 1.00. The van der Waals surface area contributed by atoms with Crippen LogP contribution < -0.4 is 5.32 Å². The van der Waals surface area contributed by atoms with E-state index in [0.29, 0.717) is 0 Å². The number of rotatable bonds is 4. The molecule has 3 unspecified atom stereocenters. The second kappa shape index (κ2) is 6.02. The molecule has 1 N–H and O–H groups in total. The van der Waals surface area contributed by atoms with E-state index in [0.717, 1.165) is 18.1 Å². The Morgan fingerprint density at radius 3 is 2.75 bits per heavy atom. The lowest BCUT2D eigenvalue weighted by molar-refractivity contribution is 0.134. The zero-order valence-corrected chi connectivity index (χ0v) is 11.0. The molecule has 2 nitrogen and oxygen atoms in total. The van der Waals surface area contributed by atoms with Gasteiger partial charge < -0.3 is 5.32 Å². The van der Waals surface area contributed by atoms with Gasteiger partial charge in [-0.3, -0.25) is 4.90 Å². The van der Waals surface area contributed by atoms with E-state index in [9.17, 15) is 0 Å². The van der Waals surface area contributed by atoms with E-state index in [1.165, 1.54) is 58.0 Å². The molecule has 94 valence electrons. The van der Waals surface area contributed by atoms with Crippen LogP contribution in [0.2, 0.25) is 0 Å². The van der Waals surface area contributed by atoms with Crippen LogP contribution in [-0.2, 0) is 0 Å². The molecule has 1 heterocycles. The molecule has 0 aromatic rings. The Bertz CT molecular complexity index is 205. The maximum atomic E-state index is 3.71. The Balaban J connectivity index is 1.81. The van der Waals surface area contributed by atoms with Gasteiger partial charge in [0.2, 0.25) is 0 Å². The van der Waals surface area contributed by atoms with Crippen molar-refractivity contribution in [2.24, 2.45) is 0 Å². The standard InChI is InChI=1S/C14H28N2/c1-3-9-15-13-7-4-8-14(11-13)16-10-5-6-12(16)2/h12-15H,3-11H2,1-2H3. The molecule has 0 bridgehead atoms. The highest BCUT2D eigenvalue weighted by Gasteiger charge is 2.31. The average molecular weight is 224 g/mol. The van der Waals surface area contributed by atoms with Gasteiger partial charge in [0.15, 0.2) is 0 Å². The van der Waals surface area contributed by atoms with Gasteiger partial charge in [-0.2, -0.15) is 0 Å². The molecule has 0 aromatic heterocycles. The van der Waals surface area contributed by atoms with E-state index in [2.05, 4.69) is 24.1 Å². The monoisotopic (exact) mass is 224 g/mol. The molecule has 0 aromatic carbocycles. The molecular weight excluding hydrogens is 196 g/mol. The summed E-state index contributed by atoms with van der Waals surface area (Å²) in [5.74, 6) is 0. The zero-order chi connectivity index (χ0) is 11.4. The molecule has 0 spiro atoms. The first-order chi connectivity index (χ1) is 7.81. The summed E-state index contributed by atoms with van der Waals surface area (Å²) in [6.07, 6.45) is 9.77. The number of nitrogens with zero attached hydrogens (tertiary/aromatic N) is 1. The largest absolute Gasteiger partial charge is 0.314 e. The molecule has 16 heavy (non-hydrogen) atoms. The number of hydrogen-bond acceptors (Lipinski definition) is 2. The third kappa shape index (κ3) is 2.98. The van der Waals surface area contributed by atoms with Gasteiger partial charge in [-0.15, -0.1) is 0 Å². The summed E-state index contributed by atoms with van der Waals surface area (Å²) in [6.45, 7) is 7.23. The van der Waals surface area contributed by atoms with Crippen LogP contribution in [0, 0.1) is 0 Å². The first-order valence-corrected chi connectivity index (χ1v) is 7.30. The molecular formula is C14H28N2. The van der Waals surface area contributed by atoms with Crippen LogP contribution in [0.3, 0.4) is 0 Å². The summed E-state index contributed by atoms with van der Waals surface area (Å²) in [6, 6.07) is 2.52. The summed E-state index contributed by atoms with van der Waals surface area (Å²) in [7, 11) is 0. The van der Waals surface area contributed by atoms with Gasteiger partial charge in [0.05, 0.1) is 0 Å². The lowest BCUT2D eigenvalue weighted by atomic mass is 9.89. The highest BCUT2D eigenvalue weighted by molar-refractivity contribution is 4.88. The number of hydrogen-bond donors (Lipinski definition) is 1. The Kier molecular flexibility index (Phi) is 4.66. The van der Waals surface area contributed by atoms with E-state index >= 15 is 0 Å². The quantitative estimate of drug-likeness (QED) is 0.790. The van der Waals surface area contributed by atoms with Crippen LogP contribution in [0.15, 0.2) is 0 Å². The molecule has 2 fully saturated rings. The molecule has 1 saturated carbocycles. The molecule has 1 aliphatic heterocycles. The van der Waals surface area contributed by atoms with E-state index in [1.54, 1.807) is 0 Å². The summed E-state index contributed by atoms with van der Waals surface area (Å²) in [4.78, 5) is 2.78. The molecule has 1 aliphatic carbocycles. The zero-order valence-electron chi connectivity index (χ0n) is 11.0. The Morgan fingerprint density at radius 2 is 2.06 bits per heavy atom. The van der Waals surface area contributed by atoms with Crippen LogP contribution in [0.4, 0.5) is 0 Å². The number of nitrogens with one attached hydrogen (secondary N) is 1. The van der Waals surface area contributed by atoms with Crippen LogP contribution in [0.5, 0.6) is 0 Å². The van der Waals surface area contributed by atoms with Crippen molar-refractivity contribution in [1.29, 1.82) is 0 Å². The Labute approximate surface area is 101 Å². The van der Waals surface area contributed by atoms with Crippen molar-refractivity contribution in [1.82, 2.24) is 10.2 Å². The van der Waals surface area contributed by atoms with Crippen molar-refractivity contribution < 1.29 is 0 Å². The first-order valence-electron chi connectivity index (χ1n) is 7.30. The summed E-state index contributed by atoms with van der Waals surface area (Å²) in [5.41, 5.74) is 0. The highest BCUT2D eigenvalue weighted by Crippen LogP contribution is 2.29. The van der Waals surface area contributed by atoms with Crippen molar-refractivity contribution in [3.63, 3.8) is 0 Å². The normalized spacial score (nSPS) is 36.8. The SMILES string of the molecule is CCCNC1CCCC(N2CCCC2C)C1. The van der Waals surface area contributed by atoms with Crippen molar-refractivity contribution in [3.8, 4) is 0 Å². The number of likely N-dealkylation sites (tertiary alicyclic amines) is 1. The van der Waals surface area contributed by atoms with Gasteiger partial charge in [-0.05, 0) is 58.5 Å². The van der Waals surface area contributed by atoms with Gasteiger partial charge in [0.1, 0.15) is 0 Å². The van der Waals surface area contributed by atoms with Crippen molar-refractivity contribution in [3.05, 3.63) is 0 Å². The Morgan fingerprint density at radius 1 is 1.19 bits per heavy atom. The predicted octanol–water partition coefficient (Wildman–Crippen LogP) is 2.78. The topological polar surface area (TPSA) is 15.3 Å². The van der Waals surface area contributed by atoms with Gasteiger partial charge in [-0.1, -0.05) is 13.3 Å². The van der Waals surface area contributed by atoms with E-state index in [4.69, 9.17) is 0 Å². The smallest absolute Gasteiger partial charge is 0.0113 e. The first kappa shape index (κ1) is 12.4. The van der Waals surface area contributed by atoms with Gasteiger partial charge in [0, 0.05) is 18.1 Å². The summed E-state index contributed by atoms with van der Waals surface area (Å²) in [5, 5.41) is 3.71. The molecule has 3 atom stereocenters. The predicted molar refractivity (Wildman–Crippen MR) is 69.7 cm³/mol. The van der Waals surface area contributed by atoms with Crippen LogP contribution in [0.1, 0.15) is 58.8 Å². The van der Waals surface area contributed by atoms with Crippen LogP contribution >= 0.6 is 0 Å². The van der Waals surface area contributed by atoms with E-state index in [1.807, 2.05) is 0 Å². The van der Waals surface area contributed by atoms with Crippen molar-refractivity contribution >= 4 is 0 Å². The molecule has 2 aliphatic rings. The van der Waals surface area contributed by atoms with Gasteiger partial charge in [-0.25, -0.2) is 0 Å². The van der Waals surface area contributed by atoms with Gasteiger partial charge in [0.25, 0.3) is 0 Å². The minimum Gasteiger partial charge on any atom is -0.314 e. The van der Waals surface area contributed by atoms with Crippen LogP contribution in [0.25, 0.3) is 0 Å². The lowest BCUT2D eigenvalue weighted by Gasteiger charge is -2.38. The van der Waals surface area contributed by atoms with Gasteiger partial charge >= 0.3 is 0 Å². The second-order valence-corrected chi connectivity index (χ2v) is 5.70. The highest BCUT2D eigenvalue weighted by atomic mass is 15.2. The summed E-state index contributed by atoms with van der Waals surface area (Å²) < 4.78 is 0. The summed E-state index contributed by atoms with van der Waals surface area (Å²) >= 11 is 0. The fourth-order valence-corrected chi connectivity index (χ4v) is 3.50. The average Bonchev–Trinajstić information content (AvgIpc) is 2.73. The minimum absolute atomic E-state index is 0.798. The van der Waals surface area contributed by atoms with E-state index < -0.39 is 0 Å². The van der Waals surface area contributed by atoms with E-state index in [-0.39, 0.29) is 0 Å². The Hall–Kier alpha value is -0.0800. The minimum atomic E-state index is 0.798. The third-order valence-corrected chi connectivity index (χ3v) is 4.40.